The van der Waals surface area contributed by atoms with Crippen molar-refractivity contribution in [2.45, 2.75) is 31.0 Å². The summed E-state index contributed by atoms with van der Waals surface area (Å²) in [4.78, 5) is 37.8. The van der Waals surface area contributed by atoms with E-state index in [0.717, 1.165) is 38.9 Å². The van der Waals surface area contributed by atoms with Crippen LogP contribution in [0.15, 0.2) is 146 Å². The number of aliphatic carboxylic acids is 1. The summed E-state index contributed by atoms with van der Waals surface area (Å²) in [6.07, 6.45) is 0.129. The summed E-state index contributed by atoms with van der Waals surface area (Å²) in [6.45, 7) is 2.23. The maximum absolute atomic E-state index is 13.9. The molecule has 2 N–H and O–H groups in total. The van der Waals surface area contributed by atoms with E-state index >= 15 is 0 Å². The zero-order chi connectivity index (χ0) is 33.1. The third-order valence-corrected chi connectivity index (χ3v) is 9.18. The molecule has 238 valence electrons. The fourth-order valence-electron chi connectivity index (χ4n) is 6.69. The van der Waals surface area contributed by atoms with Gasteiger partial charge in [-0.1, -0.05) is 121 Å². The lowest BCUT2D eigenvalue weighted by molar-refractivity contribution is -0.149. The molecule has 5 aromatic carbocycles. The van der Waals surface area contributed by atoms with Crippen LogP contribution in [0.4, 0.5) is 0 Å². The lowest BCUT2D eigenvalue weighted by Gasteiger charge is -2.35. The smallest absolute Gasteiger partial charge is 0.314 e. The highest BCUT2D eigenvalue weighted by atomic mass is 16.7. The highest BCUT2D eigenvalue weighted by molar-refractivity contribution is 5.97. The zero-order valence-corrected chi connectivity index (χ0v) is 26.4. The van der Waals surface area contributed by atoms with Crippen LogP contribution in [-0.4, -0.2) is 22.0 Å². The van der Waals surface area contributed by atoms with Crippen LogP contribution in [0, 0.1) is 12.8 Å². The number of rotatable bonds is 11. The van der Waals surface area contributed by atoms with E-state index in [4.69, 9.17) is 9.57 Å². The Bertz CT molecular complexity index is 1990. The van der Waals surface area contributed by atoms with Crippen molar-refractivity contribution in [1.82, 2.24) is 10.5 Å². The van der Waals surface area contributed by atoms with Crippen LogP contribution >= 0.6 is 0 Å². The van der Waals surface area contributed by atoms with Crippen LogP contribution in [0.25, 0.3) is 10.9 Å². The Labute approximate surface area is 278 Å². The van der Waals surface area contributed by atoms with Crippen molar-refractivity contribution in [2.75, 3.05) is 0 Å². The van der Waals surface area contributed by atoms with Crippen molar-refractivity contribution in [1.29, 1.82) is 0 Å². The molecule has 1 aliphatic carbocycles. The van der Waals surface area contributed by atoms with Crippen molar-refractivity contribution >= 4 is 22.8 Å². The van der Waals surface area contributed by atoms with Crippen molar-refractivity contribution in [3.63, 3.8) is 0 Å². The fourth-order valence-corrected chi connectivity index (χ4v) is 6.69. The molecule has 0 aliphatic heterocycles. The van der Waals surface area contributed by atoms with Gasteiger partial charge in [-0.15, -0.1) is 0 Å². The van der Waals surface area contributed by atoms with Gasteiger partial charge in [0.15, 0.2) is 5.60 Å². The standard InChI is InChI=1S/C41H34N2O5/c1-28-24-29(35-22-11-12-23-37(35)42-28)27-47-34-21-13-20-33(25-34)40(39(45)46)26-36(40)38(44)43-48-41(30-14-5-2-6-15-30,31-16-7-3-8-17-31)32-18-9-4-10-19-32/h2-25,36H,26-27H2,1H3,(H,43,44)(H,45,46)/t36-,40-/m0/s1. The highest BCUT2D eigenvalue weighted by Crippen LogP contribution is 2.55. The molecule has 2 atom stereocenters. The summed E-state index contributed by atoms with van der Waals surface area (Å²) in [7, 11) is 0. The first-order chi connectivity index (χ1) is 23.4. The summed E-state index contributed by atoms with van der Waals surface area (Å²) < 4.78 is 6.19. The van der Waals surface area contributed by atoms with Gasteiger partial charge >= 0.3 is 5.97 Å². The van der Waals surface area contributed by atoms with Gasteiger partial charge in [-0.05, 0) is 59.9 Å². The van der Waals surface area contributed by atoms with Gasteiger partial charge in [-0.3, -0.25) is 19.4 Å². The molecule has 0 radical (unpaired) electrons. The predicted octanol–water partition coefficient (Wildman–Crippen LogP) is 7.50. The summed E-state index contributed by atoms with van der Waals surface area (Å²) in [5, 5.41) is 11.5. The summed E-state index contributed by atoms with van der Waals surface area (Å²) in [6, 6.07) is 45.9. The summed E-state index contributed by atoms with van der Waals surface area (Å²) in [5.74, 6) is -1.91. The quantitative estimate of drug-likeness (QED) is 0.113. The van der Waals surface area contributed by atoms with E-state index in [1.165, 1.54) is 0 Å². The Morgan fingerprint density at radius 2 is 1.38 bits per heavy atom. The molecule has 1 saturated carbocycles. The molecule has 6 aromatic rings. The predicted molar refractivity (Wildman–Crippen MR) is 183 cm³/mol. The fraction of sp³-hybridized carbons (Fsp3) is 0.146. The number of aryl methyl sites for hydroxylation is 1. The number of nitrogens with zero attached hydrogens (tertiary/aromatic N) is 1. The van der Waals surface area contributed by atoms with E-state index in [1.807, 2.05) is 128 Å². The van der Waals surface area contributed by atoms with Crippen molar-refractivity contribution in [3.05, 3.63) is 179 Å². The average Bonchev–Trinajstić information content (AvgIpc) is 3.90. The molecule has 7 heteroatoms. The number of para-hydroxylation sites is 1. The molecular formula is C41H34N2O5. The molecule has 1 heterocycles. The second-order valence-corrected chi connectivity index (χ2v) is 12.1. The van der Waals surface area contributed by atoms with Gasteiger partial charge in [0.1, 0.15) is 17.8 Å². The molecule has 0 unspecified atom stereocenters. The number of carbonyl (C=O) groups is 2. The number of nitrogens with one attached hydrogen (secondary N) is 1. The van der Waals surface area contributed by atoms with Gasteiger partial charge in [0, 0.05) is 16.6 Å². The Morgan fingerprint density at radius 3 is 1.98 bits per heavy atom. The molecular weight excluding hydrogens is 600 g/mol. The molecule has 1 amide bonds. The maximum atomic E-state index is 13.9. The molecule has 1 aromatic heterocycles. The third-order valence-electron chi connectivity index (χ3n) is 9.18. The number of hydrogen-bond donors (Lipinski definition) is 2. The molecule has 1 fully saturated rings. The van der Waals surface area contributed by atoms with E-state index in [-0.39, 0.29) is 13.0 Å². The lowest BCUT2D eigenvalue weighted by atomic mass is 9.80. The topological polar surface area (TPSA) is 97.8 Å². The van der Waals surface area contributed by atoms with Crippen LogP contribution in [-0.2, 0) is 32.0 Å². The van der Waals surface area contributed by atoms with Gasteiger partial charge in [0.2, 0.25) is 5.91 Å². The largest absolute Gasteiger partial charge is 0.489 e. The number of fused-ring (bicyclic) bond motifs is 1. The molecule has 0 bridgehead atoms. The van der Waals surface area contributed by atoms with Crippen LogP contribution in [0.1, 0.15) is 39.9 Å². The number of carbonyl (C=O) groups excluding carboxylic acids is 1. The van der Waals surface area contributed by atoms with Crippen LogP contribution in [0.5, 0.6) is 5.75 Å². The van der Waals surface area contributed by atoms with E-state index in [1.54, 1.807) is 24.3 Å². The Balaban J connectivity index is 1.15. The van der Waals surface area contributed by atoms with Crippen LogP contribution in [0.3, 0.4) is 0 Å². The molecule has 7 nitrogen and oxygen atoms in total. The Kier molecular flexibility index (Phi) is 8.21. The zero-order valence-electron chi connectivity index (χ0n) is 26.4. The highest BCUT2D eigenvalue weighted by Gasteiger charge is 2.65. The molecule has 1 aliphatic rings. The van der Waals surface area contributed by atoms with Gasteiger partial charge in [0.25, 0.3) is 0 Å². The number of aromatic nitrogens is 1. The third kappa shape index (κ3) is 5.58. The SMILES string of the molecule is Cc1cc(COc2cccc([C@@]3(C(=O)O)C[C@H]3C(=O)NOC(c3ccccc3)(c3ccccc3)c3ccccc3)c2)c2ccccc2n1. The minimum Gasteiger partial charge on any atom is -0.489 e. The van der Waals surface area contributed by atoms with E-state index in [2.05, 4.69) is 10.5 Å². The van der Waals surface area contributed by atoms with Gasteiger partial charge in [-0.25, -0.2) is 5.48 Å². The molecule has 0 saturated heterocycles. The Hall–Kier alpha value is -5.79. The minimum atomic E-state index is -1.42. The first-order valence-electron chi connectivity index (χ1n) is 15.9. The molecule has 48 heavy (non-hydrogen) atoms. The van der Waals surface area contributed by atoms with Gasteiger partial charge in [-0.2, -0.15) is 0 Å². The number of carboxylic acid groups (broad SMARTS) is 1. The van der Waals surface area contributed by atoms with Crippen molar-refractivity contribution in [2.24, 2.45) is 5.92 Å². The van der Waals surface area contributed by atoms with E-state index in [0.29, 0.717) is 11.3 Å². The monoisotopic (exact) mass is 634 g/mol. The summed E-state index contributed by atoms with van der Waals surface area (Å²) >= 11 is 0. The normalized spacial score (nSPS) is 17.1. The molecule has 7 rings (SSSR count). The number of amides is 1. The van der Waals surface area contributed by atoms with Crippen LogP contribution in [0.2, 0.25) is 0 Å². The second-order valence-electron chi connectivity index (χ2n) is 12.1. The number of hydrogen-bond acceptors (Lipinski definition) is 5. The second kappa shape index (κ2) is 12.8. The van der Waals surface area contributed by atoms with Crippen molar-refractivity contribution < 1.29 is 24.3 Å². The van der Waals surface area contributed by atoms with E-state index < -0.39 is 28.8 Å². The number of hydroxylamine groups is 1. The van der Waals surface area contributed by atoms with Gasteiger partial charge < -0.3 is 9.84 Å². The number of carboxylic acids is 1. The first kappa shape index (κ1) is 30.8. The summed E-state index contributed by atoms with van der Waals surface area (Å²) in [5.41, 5.74) is 5.79. The van der Waals surface area contributed by atoms with Crippen LogP contribution < -0.4 is 10.2 Å². The molecule has 0 spiro atoms. The number of benzene rings is 5. The average molecular weight is 635 g/mol. The first-order valence-corrected chi connectivity index (χ1v) is 15.9. The maximum Gasteiger partial charge on any atom is 0.314 e. The van der Waals surface area contributed by atoms with Gasteiger partial charge in [0.05, 0.1) is 11.4 Å². The number of ether oxygens (including phenoxy) is 1. The van der Waals surface area contributed by atoms with E-state index in [9.17, 15) is 14.7 Å². The lowest BCUT2D eigenvalue weighted by Crippen LogP contribution is -2.42. The van der Waals surface area contributed by atoms with Crippen molar-refractivity contribution in [3.8, 4) is 5.75 Å². The Morgan fingerprint density at radius 1 is 0.792 bits per heavy atom. The number of pyridine rings is 1. The minimum absolute atomic E-state index is 0.129.